The van der Waals surface area contributed by atoms with E-state index in [0.717, 1.165) is 50.0 Å². The molecule has 2 heterocycles. The molecule has 0 unspecified atom stereocenters. The van der Waals surface area contributed by atoms with E-state index in [4.69, 9.17) is 0 Å². The van der Waals surface area contributed by atoms with Gasteiger partial charge in [-0.05, 0) is 69.2 Å². The Hall–Kier alpha value is -2.80. The molecule has 12 heteroatoms. The van der Waals surface area contributed by atoms with Gasteiger partial charge in [0.25, 0.3) is 0 Å². The van der Waals surface area contributed by atoms with Crippen LogP contribution in [0.1, 0.15) is 63.1 Å². The predicted octanol–water partition coefficient (Wildman–Crippen LogP) is 3.25. The van der Waals surface area contributed by atoms with Crippen molar-refractivity contribution in [3.05, 3.63) is 65.7 Å². The summed E-state index contributed by atoms with van der Waals surface area (Å²) in [5.74, 6) is -0.0921. The Morgan fingerprint density at radius 1 is 0.889 bits per heavy atom. The highest BCUT2D eigenvalue weighted by Gasteiger charge is 2.32. The van der Waals surface area contributed by atoms with E-state index in [2.05, 4.69) is 10.2 Å². The van der Waals surface area contributed by atoms with Crippen LogP contribution in [-0.4, -0.2) is 100 Å². The van der Waals surface area contributed by atoms with Crippen molar-refractivity contribution in [1.29, 1.82) is 0 Å². The molecular weight excluding hydrogens is 613 g/mol. The van der Waals surface area contributed by atoms with Crippen molar-refractivity contribution >= 4 is 31.7 Å². The molecular formula is C33H48N4O6S2. The minimum Gasteiger partial charge on any atom is -0.349 e. The van der Waals surface area contributed by atoms with Crippen LogP contribution in [0.5, 0.6) is 0 Å². The summed E-state index contributed by atoms with van der Waals surface area (Å²) in [4.78, 5) is 31.1. The van der Waals surface area contributed by atoms with E-state index in [9.17, 15) is 26.4 Å². The zero-order chi connectivity index (χ0) is 32.6. The summed E-state index contributed by atoms with van der Waals surface area (Å²) in [5, 5.41) is 3.28. The van der Waals surface area contributed by atoms with E-state index in [1.165, 1.54) is 10.6 Å². The molecule has 2 aromatic rings. The van der Waals surface area contributed by atoms with E-state index < -0.39 is 19.9 Å². The van der Waals surface area contributed by atoms with Crippen LogP contribution in [0.15, 0.2) is 59.5 Å². The molecule has 2 amide bonds. The minimum absolute atomic E-state index is 0.0147. The number of likely N-dealkylation sites (tertiary alicyclic amines) is 1. The van der Waals surface area contributed by atoms with Gasteiger partial charge in [0.2, 0.25) is 21.8 Å². The summed E-state index contributed by atoms with van der Waals surface area (Å²) in [6, 6.07) is 16.5. The number of amides is 2. The molecule has 10 nitrogen and oxygen atoms in total. The summed E-state index contributed by atoms with van der Waals surface area (Å²) < 4.78 is 49.5. The first-order valence-corrected chi connectivity index (χ1v) is 19.5. The third kappa shape index (κ3) is 9.60. The fourth-order valence-corrected chi connectivity index (χ4v) is 8.17. The van der Waals surface area contributed by atoms with Crippen LogP contribution in [0.2, 0.25) is 0 Å². The molecule has 2 aliphatic heterocycles. The van der Waals surface area contributed by atoms with Gasteiger partial charge >= 0.3 is 0 Å². The van der Waals surface area contributed by atoms with E-state index in [0.29, 0.717) is 32.5 Å². The number of rotatable bonds is 13. The molecule has 0 aromatic heterocycles. The average molecular weight is 661 g/mol. The standard InChI is InChI=1S/C33H48N4O6S2/c1-4-37(32(38)25-26-11-13-30(14-12-26)44(3,40)41)29-17-20-35(21-18-29)22-19-31(27-9-7-6-8-10-27)34-33(39)28-15-23-36(24-16-28)45(42,43)5-2/h6-14,28-29,31H,4-5,15-25H2,1-3H3,(H,34,39)/t31-/m0/s1. The van der Waals surface area contributed by atoms with Gasteiger partial charge in [-0.15, -0.1) is 0 Å². The van der Waals surface area contributed by atoms with Gasteiger partial charge in [-0.25, -0.2) is 21.1 Å². The maximum atomic E-state index is 13.3. The number of hydrogen-bond donors (Lipinski definition) is 1. The van der Waals surface area contributed by atoms with Crippen LogP contribution < -0.4 is 5.32 Å². The minimum atomic E-state index is -3.28. The molecule has 0 spiro atoms. The van der Waals surface area contributed by atoms with Gasteiger partial charge in [-0.3, -0.25) is 9.59 Å². The zero-order valence-electron chi connectivity index (χ0n) is 26.7. The molecule has 0 bridgehead atoms. The number of carbonyl (C=O) groups is 2. The highest BCUT2D eigenvalue weighted by molar-refractivity contribution is 7.90. The lowest BCUT2D eigenvalue weighted by Gasteiger charge is -2.38. The van der Waals surface area contributed by atoms with E-state index >= 15 is 0 Å². The molecule has 248 valence electrons. The lowest BCUT2D eigenvalue weighted by Crippen LogP contribution is -2.48. The van der Waals surface area contributed by atoms with E-state index in [-0.39, 0.29) is 46.9 Å². The Morgan fingerprint density at radius 3 is 2.07 bits per heavy atom. The summed E-state index contributed by atoms with van der Waals surface area (Å²) in [7, 11) is -6.51. The number of carbonyl (C=O) groups excluding carboxylic acids is 2. The molecule has 2 aliphatic rings. The molecule has 0 aliphatic carbocycles. The van der Waals surface area contributed by atoms with Crippen LogP contribution in [0.3, 0.4) is 0 Å². The fraction of sp³-hybridized carbons (Fsp3) is 0.576. The number of sulfonamides is 1. The van der Waals surface area contributed by atoms with Crippen LogP contribution in [-0.2, 0) is 35.9 Å². The topological polar surface area (TPSA) is 124 Å². The average Bonchev–Trinajstić information content (AvgIpc) is 3.04. The van der Waals surface area contributed by atoms with Crippen LogP contribution >= 0.6 is 0 Å². The van der Waals surface area contributed by atoms with Gasteiger partial charge in [-0.1, -0.05) is 42.5 Å². The van der Waals surface area contributed by atoms with Crippen molar-refractivity contribution in [2.24, 2.45) is 5.92 Å². The monoisotopic (exact) mass is 660 g/mol. The number of likely N-dealkylation sites (N-methyl/N-ethyl adjacent to an activating group) is 1. The molecule has 0 saturated carbocycles. The highest BCUT2D eigenvalue weighted by atomic mass is 32.2. The molecule has 2 aromatic carbocycles. The highest BCUT2D eigenvalue weighted by Crippen LogP contribution is 2.25. The summed E-state index contributed by atoms with van der Waals surface area (Å²) >= 11 is 0. The number of sulfone groups is 1. The second-order valence-electron chi connectivity index (χ2n) is 12.2. The molecule has 1 atom stereocenters. The lowest BCUT2D eigenvalue weighted by atomic mass is 9.95. The normalized spacial score (nSPS) is 18.4. The maximum absolute atomic E-state index is 13.3. The lowest BCUT2D eigenvalue weighted by molar-refractivity contribution is -0.133. The van der Waals surface area contributed by atoms with Gasteiger partial charge in [0.1, 0.15) is 0 Å². The third-order valence-electron chi connectivity index (χ3n) is 9.20. The van der Waals surface area contributed by atoms with Crippen molar-refractivity contribution in [3.8, 4) is 0 Å². The third-order valence-corrected chi connectivity index (χ3v) is 12.2. The van der Waals surface area contributed by atoms with Crippen molar-refractivity contribution in [1.82, 2.24) is 19.4 Å². The Kier molecular flexibility index (Phi) is 12.2. The first-order valence-electron chi connectivity index (χ1n) is 16.0. The Balaban J connectivity index is 1.28. The largest absolute Gasteiger partial charge is 0.349 e. The molecule has 0 radical (unpaired) electrons. The number of nitrogens with one attached hydrogen (secondary N) is 1. The Morgan fingerprint density at radius 2 is 1.51 bits per heavy atom. The second kappa shape index (κ2) is 15.7. The number of hydrogen-bond acceptors (Lipinski definition) is 7. The Labute approximate surface area is 269 Å². The molecule has 1 N–H and O–H groups in total. The molecule has 2 saturated heterocycles. The van der Waals surface area contributed by atoms with Gasteiger partial charge in [-0.2, -0.15) is 0 Å². The van der Waals surface area contributed by atoms with Gasteiger partial charge in [0.15, 0.2) is 9.84 Å². The number of piperidine rings is 2. The van der Waals surface area contributed by atoms with Gasteiger partial charge < -0.3 is 15.1 Å². The maximum Gasteiger partial charge on any atom is 0.227 e. The molecule has 2 fully saturated rings. The molecule has 45 heavy (non-hydrogen) atoms. The Bertz CT molecular complexity index is 1480. The first kappa shape index (κ1) is 35.1. The van der Waals surface area contributed by atoms with Crippen molar-refractivity contribution < 1.29 is 26.4 Å². The van der Waals surface area contributed by atoms with Crippen LogP contribution in [0.4, 0.5) is 0 Å². The fourth-order valence-electron chi connectivity index (χ4n) is 6.41. The predicted molar refractivity (Wildman–Crippen MR) is 176 cm³/mol. The van der Waals surface area contributed by atoms with Gasteiger partial charge in [0, 0.05) is 57.5 Å². The number of nitrogens with zero attached hydrogens (tertiary/aromatic N) is 3. The second-order valence-corrected chi connectivity index (χ2v) is 16.5. The van der Waals surface area contributed by atoms with Crippen LogP contribution in [0.25, 0.3) is 0 Å². The van der Waals surface area contributed by atoms with E-state index in [1.54, 1.807) is 31.2 Å². The van der Waals surface area contributed by atoms with Crippen molar-refractivity contribution in [2.75, 3.05) is 51.3 Å². The van der Waals surface area contributed by atoms with Gasteiger partial charge in [0.05, 0.1) is 23.1 Å². The summed E-state index contributed by atoms with van der Waals surface area (Å²) in [5.41, 5.74) is 1.85. The van der Waals surface area contributed by atoms with Crippen molar-refractivity contribution in [2.45, 2.75) is 69.4 Å². The quantitative estimate of drug-likeness (QED) is 0.350. The van der Waals surface area contributed by atoms with Crippen molar-refractivity contribution in [3.63, 3.8) is 0 Å². The smallest absolute Gasteiger partial charge is 0.227 e. The van der Waals surface area contributed by atoms with Crippen LogP contribution in [0, 0.1) is 5.92 Å². The SMILES string of the molecule is CCN(C(=O)Cc1ccc(S(C)(=O)=O)cc1)C1CCN(CC[C@H](NC(=O)C2CCN(S(=O)(=O)CC)CC2)c2ccccc2)CC1. The zero-order valence-corrected chi connectivity index (χ0v) is 28.4. The number of benzene rings is 2. The summed E-state index contributed by atoms with van der Waals surface area (Å²) in [6.45, 7) is 7.55. The first-order chi connectivity index (χ1) is 21.4. The molecule has 4 rings (SSSR count). The summed E-state index contributed by atoms with van der Waals surface area (Å²) in [6.07, 6.45) is 4.96. The van der Waals surface area contributed by atoms with E-state index in [1.807, 2.05) is 42.2 Å².